The summed E-state index contributed by atoms with van der Waals surface area (Å²) in [6.07, 6.45) is 12.7. The molecule has 5 rings (SSSR count). The third kappa shape index (κ3) is 2.80. The molecule has 142 valence electrons. The summed E-state index contributed by atoms with van der Waals surface area (Å²) < 4.78 is 12.6. The van der Waals surface area contributed by atoms with Crippen molar-refractivity contribution in [1.82, 2.24) is 9.80 Å². The molecule has 25 heavy (non-hydrogen) atoms. The average Bonchev–Trinajstić information content (AvgIpc) is 3.34. The number of piperidine rings is 1. The molecule has 5 heteroatoms. The van der Waals surface area contributed by atoms with Crippen LogP contribution < -0.4 is 0 Å². The van der Waals surface area contributed by atoms with Gasteiger partial charge in [0, 0.05) is 38.8 Å². The number of likely N-dealkylation sites (tertiary alicyclic amines) is 2. The fourth-order valence-corrected chi connectivity index (χ4v) is 7.72. The predicted octanol–water partition coefficient (Wildman–Crippen LogP) is 3.31. The molecule has 0 aromatic rings. The Morgan fingerprint density at radius 1 is 0.800 bits per heavy atom. The minimum atomic E-state index is 0.109. The van der Waals surface area contributed by atoms with Crippen LogP contribution in [0.3, 0.4) is 0 Å². The molecule has 0 bridgehead atoms. The Bertz CT molecular complexity index is 439. The van der Waals surface area contributed by atoms with E-state index >= 15 is 0 Å². The number of ether oxygens (including phenoxy) is 2. The van der Waals surface area contributed by atoms with Crippen molar-refractivity contribution < 1.29 is 9.47 Å². The van der Waals surface area contributed by atoms with Gasteiger partial charge >= 0.3 is 0 Å². The molecule has 0 aromatic carbocycles. The highest BCUT2D eigenvalue weighted by Gasteiger charge is 2.61. The Balaban J connectivity index is 1.57. The van der Waals surface area contributed by atoms with E-state index in [1.165, 1.54) is 83.2 Å². The summed E-state index contributed by atoms with van der Waals surface area (Å²) in [5.74, 6) is 1.98. The highest BCUT2D eigenvalue weighted by atomic mass is 32.2. The highest BCUT2D eigenvalue weighted by molar-refractivity contribution is 8.00. The number of hydrogen-bond donors (Lipinski definition) is 0. The number of hydrogen-bond acceptors (Lipinski definition) is 5. The van der Waals surface area contributed by atoms with E-state index in [2.05, 4.69) is 21.6 Å². The summed E-state index contributed by atoms with van der Waals surface area (Å²) in [7, 11) is 0. The Morgan fingerprint density at radius 2 is 1.68 bits per heavy atom. The molecule has 5 heterocycles. The quantitative estimate of drug-likeness (QED) is 0.760. The van der Waals surface area contributed by atoms with Gasteiger partial charge in [-0.25, -0.2) is 0 Å². The Hall–Kier alpha value is 0.190. The zero-order valence-corrected chi connectivity index (χ0v) is 16.4. The molecule has 4 nitrogen and oxygen atoms in total. The first-order valence-electron chi connectivity index (χ1n) is 10.8. The topological polar surface area (TPSA) is 24.9 Å². The molecule has 5 aliphatic rings. The molecule has 5 fully saturated rings. The van der Waals surface area contributed by atoms with Crippen LogP contribution in [0.4, 0.5) is 0 Å². The third-order valence-corrected chi connectivity index (χ3v) is 8.77. The standard InChI is InChI=1S/C20H34N2O2S/c1-2-11-21(10-1)20(18-7-4-13-24-18)16(17-9-14-23-17)6-3-12-22(20)19-8-5-15-25-19/h16-19H,1-15H2. The smallest absolute Gasteiger partial charge is 0.107 e. The summed E-state index contributed by atoms with van der Waals surface area (Å²) in [5.41, 5.74) is 0.109. The van der Waals surface area contributed by atoms with E-state index in [0.717, 1.165) is 13.2 Å². The van der Waals surface area contributed by atoms with E-state index in [4.69, 9.17) is 9.47 Å². The van der Waals surface area contributed by atoms with Crippen LogP contribution in [0.15, 0.2) is 0 Å². The normalized spacial score (nSPS) is 46.6. The molecule has 5 aliphatic heterocycles. The average molecular weight is 367 g/mol. The molecular weight excluding hydrogens is 332 g/mol. The summed E-state index contributed by atoms with van der Waals surface area (Å²) in [5, 5.41) is 0.702. The third-order valence-electron chi connectivity index (χ3n) is 7.37. The largest absolute Gasteiger partial charge is 0.378 e. The van der Waals surface area contributed by atoms with Gasteiger partial charge < -0.3 is 9.47 Å². The molecule has 0 amide bonds. The van der Waals surface area contributed by atoms with Crippen LogP contribution in [0.5, 0.6) is 0 Å². The second kappa shape index (κ2) is 7.31. The first-order chi connectivity index (χ1) is 12.4. The summed E-state index contributed by atoms with van der Waals surface area (Å²) >= 11 is 2.21. The molecular formula is C20H34N2O2S. The minimum absolute atomic E-state index is 0.109. The van der Waals surface area contributed by atoms with Crippen molar-refractivity contribution in [3.63, 3.8) is 0 Å². The van der Waals surface area contributed by atoms with E-state index in [1.807, 2.05) is 0 Å². The molecule has 0 radical (unpaired) electrons. The van der Waals surface area contributed by atoms with E-state index in [9.17, 15) is 0 Å². The van der Waals surface area contributed by atoms with Crippen molar-refractivity contribution in [2.24, 2.45) is 5.92 Å². The predicted molar refractivity (Wildman–Crippen MR) is 102 cm³/mol. The van der Waals surface area contributed by atoms with Crippen molar-refractivity contribution in [2.75, 3.05) is 38.6 Å². The lowest BCUT2D eigenvalue weighted by Crippen LogP contribution is -2.75. The number of rotatable bonds is 4. The van der Waals surface area contributed by atoms with Crippen molar-refractivity contribution in [1.29, 1.82) is 0 Å². The summed E-state index contributed by atoms with van der Waals surface area (Å²) in [4.78, 5) is 5.81. The monoisotopic (exact) mass is 366 g/mol. The first-order valence-corrected chi connectivity index (χ1v) is 11.8. The van der Waals surface area contributed by atoms with Crippen LogP contribution in [0.25, 0.3) is 0 Å². The van der Waals surface area contributed by atoms with Crippen molar-refractivity contribution >= 4 is 11.8 Å². The molecule has 0 spiro atoms. The maximum atomic E-state index is 6.50. The lowest BCUT2D eigenvalue weighted by Gasteiger charge is -2.62. The molecule has 0 aliphatic carbocycles. The van der Waals surface area contributed by atoms with Gasteiger partial charge in [0.2, 0.25) is 0 Å². The van der Waals surface area contributed by atoms with Gasteiger partial charge in [-0.2, -0.15) is 0 Å². The van der Waals surface area contributed by atoms with Gasteiger partial charge in [0.25, 0.3) is 0 Å². The Kier molecular flexibility index (Phi) is 5.06. The molecule has 0 N–H and O–H groups in total. The maximum absolute atomic E-state index is 6.50. The zero-order chi connectivity index (χ0) is 16.7. The lowest BCUT2D eigenvalue weighted by molar-refractivity contribution is -0.233. The van der Waals surface area contributed by atoms with Gasteiger partial charge in [0.05, 0.1) is 17.6 Å². The van der Waals surface area contributed by atoms with Crippen LogP contribution >= 0.6 is 11.8 Å². The number of nitrogens with zero attached hydrogens (tertiary/aromatic N) is 2. The van der Waals surface area contributed by atoms with Gasteiger partial charge in [0.15, 0.2) is 0 Å². The van der Waals surface area contributed by atoms with Crippen LogP contribution in [0.2, 0.25) is 0 Å². The Labute approximate surface area is 157 Å². The summed E-state index contributed by atoms with van der Waals surface area (Å²) in [6.45, 7) is 5.72. The van der Waals surface area contributed by atoms with Gasteiger partial charge in [-0.3, -0.25) is 9.80 Å². The van der Waals surface area contributed by atoms with Crippen LogP contribution in [0, 0.1) is 5.92 Å². The second-order valence-electron chi connectivity index (χ2n) is 8.59. The first kappa shape index (κ1) is 17.3. The molecule has 5 atom stereocenters. The lowest BCUT2D eigenvalue weighted by atomic mass is 9.72. The van der Waals surface area contributed by atoms with E-state index < -0.39 is 0 Å². The minimum Gasteiger partial charge on any atom is -0.378 e. The van der Waals surface area contributed by atoms with E-state index in [-0.39, 0.29) is 5.66 Å². The van der Waals surface area contributed by atoms with Gasteiger partial charge in [-0.1, -0.05) is 0 Å². The zero-order valence-electron chi connectivity index (χ0n) is 15.5. The number of thioether (sulfide) groups is 1. The highest BCUT2D eigenvalue weighted by Crippen LogP contribution is 2.51. The second-order valence-corrected chi connectivity index (χ2v) is 9.87. The molecule has 5 unspecified atom stereocenters. The van der Waals surface area contributed by atoms with Crippen molar-refractivity contribution in [3.05, 3.63) is 0 Å². The fourth-order valence-electron chi connectivity index (χ4n) is 6.33. The fraction of sp³-hybridized carbons (Fsp3) is 1.00. The van der Waals surface area contributed by atoms with Crippen molar-refractivity contribution in [2.45, 2.75) is 81.0 Å². The SMILES string of the molecule is C1CSC(N2CCCC(C3CCO3)C2(C2CCCO2)N2CCCC2)C1. The van der Waals surface area contributed by atoms with Crippen LogP contribution in [-0.4, -0.2) is 71.6 Å². The maximum Gasteiger partial charge on any atom is 0.107 e. The van der Waals surface area contributed by atoms with E-state index in [1.54, 1.807) is 0 Å². The van der Waals surface area contributed by atoms with Gasteiger partial charge in [0.1, 0.15) is 5.66 Å². The summed E-state index contributed by atoms with van der Waals surface area (Å²) in [6, 6.07) is 0. The van der Waals surface area contributed by atoms with Gasteiger partial charge in [-0.15, -0.1) is 11.8 Å². The molecule has 5 saturated heterocycles. The van der Waals surface area contributed by atoms with Crippen LogP contribution in [-0.2, 0) is 9.47 Å². The van der Waals surface area contributed by atoms with Gasteiger partial charge in [-0.05, 0) is 63.5 Å². The van der Waals surface area contributed by atoms with Crippen molar-refractivity contribution in [3.8, 4) is 0 Å². The molecule has 0 saturated carbocycles. The Morgan fingerprint density at radius 3 is 2.32 bits per heavy atom. The van der Waals surface area contributed by atoms with E-state index in [0.29, 0.717) is 23.5 Å². The van der Waals surface area contributed by atoms with Crippen LogP contribution in [0.1, 0.15) is 57.8 Å². The molecule has 0 aromatic heterocycles.